The van der Waals surface area contributed by atoms with Crippen molar-refractivity contribution in [3.8, 4) is 0 Å². The van der Waals surface area contributed by atoms with E-state index in [2.05, 4.69) is 155 Å². The molecule has 1 radical (unpaired) electrons. The van der Waals surface area contributed by atoms with E-state index >= 15 is 0 Å². The molecule has 0 spiro atoms. The van der Waals surface area contributed by atoms with Crippen LogP contribution < -0.4 is 0 Å². The van der Waals surface area contributed by atoms with Crippen LogP contribution in [-0.2, 0) is 46.8 Å². The second kappa shape index (κ2) is 10.1. The number of nitrogens with zero attached hydrogens (tertiary/aromatic N) is 2. The van der Waals surface area contributed by atoms with Crippen LogP contribution in [0.3, 0.4) is 0 Å². The Morgan fingerprint density at radius 1 is 0.513 bits per heavy atom. The fourth-order valence-electron chi connectivity index (χ4n) is 5.98. The van der Waals surface area contributed by atoms with Gasteiger partial charge in [0.05, 0.1) is 0 Å². The summed E-state index contributed by atoms with van der Waals surface area (Å²) < 4.78 is 5.65. The summed E-state index contributed by atoms with van der Waals surface area (Å²) in [5.74, 6) is 0. The third-order valence-corrected chi connectivity index (χ3v) is 8.31. The second-order valence-electron chi connectivity index (χ2n) is 9.99. The molecule has 0 atom stereocenters. The molecule has 0 N–H and O–H groups in total. The molecular formula is C35H26BrN2Y-. The van der Waals surface area contributed by atoms with Crippen LogP contribution in [0.5, 0.6) is 0 Å². The first kappa shape index (κ1) is 26.1. The number of hydrogen-bond donors (Lipinski definition) is 0. The van der Waals surface area contributed by atoms with Crippen molar-refractivity contribution in [1.29, 1.82) is 0 Å². The Morgan fingerprint density at radius 2 is 0.974 bits per heavy atom. The molecule has 0 amide bonds. The minimum Gasteiger partial charge on any atom is -0.345 e. The van der Waals surface area contributed by atoms with Gasteiger partial charge in [-0.2, -0.15) is 24.6 Å². The van der Waals surface area contributed by atoms with Crippen LogP contribution in [0, 0.1) is 6.92 Å². The molecule has 2 aromatic heterocycles. The van der Waals surface area contributed by atoms with E-state index in [-0.39, 0.29) is 32.7 Å². The number of aryl methyl sites for hydroxylation is 2. The summed E-state index contributed by atoms with van der Waals surface area (Å²) in [5.41, 5.74) is 6.16. The summed E-state index contributed by atoms with van der Waals surface area (Å²) in [6.07, 6.45) is 0. The first-order chi connectivity index (χ1) is 18.5. The third kappa shape index (κ3) is 4.19. The van der Waals surface area contributed by atoms with Crippen LogP contribution in [0.25, 0.3) is 65.2 Å². The Kier molecular flexibility index (Phi) is 6.79. The van der Waals surface area contributed by atoms with Crippen LogP contribution in [0.15, 0.2) is 114 Å². The van der Waals surface area contributed by atoms with Gasteiger partial charge >= 0.3 is 0 Å². The van der Waals surface area contributed by atoms with Crippen LogP contribution in [0.4, 0.5) is 0 Å². The van der Waals surface area contributed by atoms with Crippen molar-refractivity contribution in [2.75, 3.05) is 0 Å². The summed E-state index contributed by atoms with van der Waals surface area (Å²) >= 11 is 3.58. The molecule has 0 saturated heterocycles. The van der Waals surface area contributed by atoms with Gasteiger partial charge in [0.15, 0.2) is 0 Å². The van der Waals surface area contributed by atoms with Gasteiger partial charge in [0.2, 0.25) is 0 Å². The number of halogens is 1. The van der Waals surface area contributed by atoms with E-state index in [1.807, 2.05) is 0 Å². The smallest absolute Gasteiger partial charge is 0.0495 e. The molecule has 4 heteroatoms. The minimum atomic E-state index is 0. The standard InChI is InChI=1S/C18H14N.C17H12BrN.Y/c1-12-7-9-16-15(11-12)18-14-6-4-3-5-13(14)8-10-17(18)19(16)2;1-19-15-9-7-12(18)10-14(15)17-13-5-3-2-4-11(13)6-8-16(17)19;/h3-11H,1H2,2H3;2-10H,1H3;/q-1;;. The molecule has 2 nitrogen and oxygen atoms in total. The molecule has 8 aromatic rings. The maximum Gasteiger partial charge on any atom is 0.0495 e. The fraction of sp³-hybridized carbons (Fsp3) is 0.0571. The molecule has 0 unspecified atom stereocenters. The van der Waals surface area contributed by atoms with E-state index in [1.54, 1.807) is 0 Å². The zero-order chi connectivity index (χ0) is 26.0. The van der Waals surface area contributed by atoms with Gasteiger partial charge in [0.25, 0.3) is 0 Å². The fourth-order valence-corrected chi connectivity index (χ4v) is 6.34. The van der Waals surface area contributed by atoms with E-state index in [0.29, 0.717) is 0 Å². The van der Waals surface area contributed by atoms with Crippen molar-refractivity contribution in [1.82, 2.24) is 9.13 Å². The Labute approximate surface area is 261 Å². The van der Waals surface area contributed by atoms with E-state index in [4.69, 9.17) is 0 Å². The van der Waals surface area contributed by atoms with E-state index in [1.165, 1.54) is 65.2 Å². The third-order valence-electron chi connectivity index (χ3n) is 7.82. The first-order valence-corrected chi connectivity index (χ1v) is 13.6. The van der Waals surface area contributed by atoms with Gasteiger partial charge in [-0.1, -0.05) is 82.7 Å². The molecule has 39 heavy (non-hydrogen) atoms. The molecule has 6 aromatic carbocycles. The van der Waals surface area contributed by atoms with E-state index in [9.17, 15) is 0 Å². The average molecular weight is 643 g/mol. The predicted octanol–water partition coefficient (Wildman–Crippen LogP) is 9.91. The molecule has 0 bridgehead atoms. The Hall–Kier alpha value is -3.11. The van der Waals surface area contributed by atoms with Gasteiger partial charge in [-0.25, -0.2) is 0 Å². The maximum absolute atomic E-state index is 4.06. The monoisotopic (exact) mass is 642 g/mol. The summed E-state index contributed by atoms with van der Waals surface area (Å²) in [6, 6.07) is 38.9. The van der Waals surface area contributed by atoms with Gasteiger partial charge < -0.3 is 9.13 Å². The number of hydrogen-bond acceptors (Lipinski definition) is 0. The average Bonchev–Trinajstić information content (AvgIpc) is 3.39. The van der Waals surface area contributed by atoms with Crippen molar-refractivity contribution in [3.05, 3.63) is 126 Å². The summed E-state index contributed by atoms with van der Waals surface area (Å²) in [5, 5.41) is 10.5. The molecular weight excluding hydrogens is 617 g/mol. The quantitative estimate of drug-likeness (QED) is 0.146. The van der Waals surface area contributed by atoms with Crippen molar-refractivity contribution in [2.24, 2.45) is 14.1 Å². The topological polar surface area (TPSA) is 9.86 Å². The van der Waals surface area contributed by atoms with Gasteiger partial charge in [0, 0.05) is 89.5 Å². The maximum atomic E-state index is 4.06. The van der Waals surface area contributed by atoms with Crippen molar-refractivity contribution in [2.45, 2.75) is 0 Å². The molecule has 0 aliphatic heterocycles. The number of benzene rings is 6. The van der Waals surface area contributed by atoms with Crippen LogP contribution in [0.1, 0.15) is 5.56 Å². The number of rotatable bonds is 0. The van der Waals surface area contributed by atoms with Crippen LogP contribution in [-0.4, -0.2) is 9.13 Å². The zero-order valence-corrected chi connectivity index (χ0v) is 26.4. The summed E-state index contributed by atoms with van der Waals surface area (Å²) in [4.78, 5) is 0. The minimum absolute atomic E-state index is 0. The van der Waals surface area contributed by atoms with Gasteiger partial charge in [-0.3, -0.25) is 0 Å². The Morgan fingerprint density at radius 3 is 1.54 bits per heavy atom. The largest absolute Gasteiger partial charge is 0.345 e. The number of fused-ring (bicyclic) bond motifs is 10. The van der Waals surface area contributed by atoms with Crippen molar-refractivity contribution in [3.63, 3.8) is 0 Å². The molecule has 0 aliphatic rings. The molecule has 187 valence electrons. The molecule has 8 rings (SSSR count). The summed E-state index contributed by atoms with van der Waals surface area (Å²) in [6.45, 7) is 4.06. The van der Waals surface area contributed by atoms with E-state index in [0.717, 1.165) is 10.0 Å². The summed E-state index contributed by atoms with van der Waals surface area (Å²) in [7, 11) is 4.26. The van der Waals surface area contributed by atoms with Crippen LogP contribution in [0.2, 0.25) is 0 Å². The Balaban J connectivity index is 0.000000138. The van der Waals surface area contributed by atoms with Gasteiger partial charge in [-0.15, -0.1) is 0 Å². The molecule has 0 saturated carbocycles. The van der Waals surface area contributed by atoms with Crippen molar-refractivity contribution < 1.29 is 32.7 Å². The van der Waals surface area contributed by atoms with Gasteiger partial charge in [-0.05, 0) is 57.3 Å². The second-order valence-corrected chi connectivity index (χ2v) is 10.9. The van der Waals surface area contributed by atoms with Crippen LogP contribution >= 0.6 is 15.9 Å². The number of aromatic nitrogens is 2. The first-order valence-electron chi connectivity index (χ1n) is 12.8. The normalized spacial score (nSPS) is 11.4. The SMILES string of the molecule is Cn1c2ccc(Br)cc2c2c3ccccc3ccc21.[CH2-]c1ccc2c(c1)c1c3ccccc3ccc1n2C.[Y]. The predicted molar refractivity (Wildman–Crippen MR) is 168 cm³/mol. The zero-order valence-electron chi connectivity index (χ0n) is 21.9. The Bertz CT molecular complexity index is 2030. The molecule has 0 aliphatic carbocycles. The van der Waals surface area contributed by atoms with E-state index < -0.39 is 0 Å². The molecule has 0 fully saturated rings. The van der Waals surface area contributed by atoms with Crippen molar-refractivity contribution >= 4 is 81.1 Å². The molecule has 2 heterocycles. The van der Waals surface area contributed by atoms with Gasteiger partial charge in [0.1, 0.15) is 0 Å².